The summed E-state index contributed by atoms with van der Waals surface area (Å²) >= 11 is 0. The van der Waals surface area contributed by atoms with Crippen molar-refractivity contribution < 1.29 is 4.42 Å². The van der Waals surface area contributed by atoms with Gasteiger partial charge in [-0.1, -0.05) is 12.1 Å². The van der Waals surface area contributed by atoms with Crippen LogP contribution in [0.1, 0.15) is 17.1 Å². The van der Waals surface area contributed by atoms with Gasteiger partial charge in [0.2, 0.25) is 0 Å². The Kier molecular flexibility index (Phi) is 3.76. The first-order valence-electron chi connectivity index (χ1n) is 9.06. The van der Waals surface area contributed by atoms with Gasteiger partial charge in [0.1, 0.15) is 35.1 Å². The molecule has 0 aliphatic rings. The molecule has 0 bridgehead atoms. The minimum absolute atomic E-state index is 0.0554. The summed E-state index contributed by atoms with van der Waals surface area (Å²) in [6, 6.07) is 15.2. The molecule has 5 rings (SSSR count). The average molecular weight is 394 g/mol. The lowest BCUT2D eigenvalue weighted by Crippen LogP contribution is -2.06. The second-order valence-corrected chi connectivity index (χ2v) is 6.73. The van der Waals surface area contributed by atoms with Gasteiger partial charge in [-0.25, -0.2) is 15.0 Å². The van der Waals surface area contributed by atoms with Crippen LogP contribution in [0.15, 0.2) is 47.1 Å². The van der Waals surface area contributed by atoms with E-state index in [1.54, 1.807) is 16.9 Å². The van der Waals surface area contributed by atoms with Crippen LogP contribution in [-0.2, 0) is 13.6 Å². The molecule has 2 N–H and O–H groups in total. The summed E-state index contributed by atoms with van der Waals surface area (Å²) in [6.45, 7) is 0.296. The van der Waals surface area contributed by atoms with Crippen molar-refractivity contribution >= 4 is 28.0 Å². The third-order valence-electron chi connectivity index (χ3n) is 5.03. The second kappa shape index (κ2) is 6.47. The number of imidazole rings is 1. The van der Waals surface area contributed by atoms with E-state index >= 15 is 0 Å². The quantitative estimate of drug-likeness (QED) is 0.497. The molecule has 4 aromatic heterocycles. The predicted octanol–water partition coefficient (Wildman–Crippen LogP) is 2.95. The molecule has 9 heteroatoms. The minimum Gasteiger partial charge on any atom is -0.467 e. The summed E-state index contributed by atoms with van der Waals surface area (Å²) in [6.07, 6.45) is 1.57. The van der Waals surface area contributed by atoms with Crippen molar-refractivity contribution in [2.75, 3.05) is 5.73 Å². The number of rotatable bonds is 3. The molecule has 0 aliphatic heterocycles. The SMILES string of the molecule is Cn1c(-c2c(N)n(Cc3ccco3)c3nc(C#N)c(C#N)nc23)nc2ccccc21. The molecule has 0 atom stereocenters. The molecule has 0 fully saturated rings. The second-order valence-electron chi connectivity index (χ2n) is 6.73. The van der Waals surface area contributed by atoms with E-state index in [4.69, 9.17) is 15.1 Å². The normalized spacial score (nSPS) is 11.0. The fourth-order valence-corrected chi connectivity index (χ4v) is 3.62. The average Bonchev–Trinajstić information content (AvgIpc) is 3.46. The van der Waals surface area contributed by atoms with Gasteiger partial charge in [-0.15, -0.1) is 0 Å². The van der Waals surface area contributed by atoms with Crippen LogP contribution >= 0.6 is 0 Å². The standard InChI is InChI=1S/C21H14N8O/c1-28-16-7-3-2-6-13(16)26-20(28)17-18-21(27-15(10-23)14(9-22)25-18)29(19(17)24)11-12-5-4-8-30-12/h2-8H,11,24H2,1H3. The Hall–Kier alpha value is -4.63. The number of hydrogen-bond donors (Lipinski definition) is 1. The molecule has 9 nitrogen and oxygen atoms in total. The number of aromatic nitrogens is 5. The lowest BCUT2D eigenvalue weighted by molar-refractivity contribution is 0.497. The summed E-state index contributed by atoms with van der Waals surface area (Å²) in [7, 11) is 1.89. The molecule has 0 spiro atoms. The van der Waals surface area contributed by atoms with Gasteiger partial charge in [0, 0.05) is 7.05 Å². The summed E-state index contributed by atoms with van der Waals surface area (Å²) in [5.74, 6) is 1.64. The number of fused-ring (bicyclic) bond motifs is 2. The Bertz CT molecular complexity index is 1510. The van der Waals surface area contributed by atoms with Crippen molar-refractivity contribution in [1.82, 2.24) is 24.1 Å². The molecule has 0 saturated carbocycles. The molecular weight excluding hydrogens is 380 g/mol. The van der Waals surface area contributed by atoms with Gasteiger partial charge in [-0.05, 0) is 24.3 Å². The number of anilines is 1. The van der Waals surface area contributed by atoms with Gasteiger partial charge >= 0.3 is 0 Å². The van der Waals surface area contributed by atoms with Gasteiger partial charge < -0.3 is 19.3 Å². The van der Waals surface area contributed by atoms with Crippen LogP contribution in [0.2, 0.25) is 0 Å². The van der Waals surface area contributed by atoms with Crippen molar-refractivity contribution in [3.63, 3.8) is 0 Å². The number of hydrogen-bond acceptors (Lipinski definition) is 7. The van der Waals surface area contributed by atoms with E-state index in [2.05, 4.69) is 9.97 Å². The maximum atomic E-state index is 9.45. The molecule has 1 aromatic carbocycles. The fourth-order valence-electron chi connectivity index (χ4n) is 3.62. The summed E-state index contributed by atoms with van der Waals surface area (Å²) in [4.78, 5) is 13.6. The first-order valence-corrected chi connectivity index (χ1v) is 9.06. The number of nitriles is 2. The van der Waals surface area contributed by atoms with E-state index in [-0.39, 0.29) is 11.4 Å². The number of aryl methyl sites for hydroxylation is 1. The molecule has 0 amide bonds. The largest absolute Gasteiger partial charge is 0.467 e. The number of benzene rings is 1. The van der Waals surface area contributed by atoms with Crippen molar-refractivity contribution in [1.29, 1.82) is 10.5 Å². The number of para-hydroxylation sites is 2. The van der Waals surface area contributed by atoms with Crippen molar-refractivity contribution in [3.05, 3.63) is 59.8 Å². The number of nitrogens with zero attached hydrogens (tertiary/aromatic N) is 7. The maximum Gasteiger partial charge on any atom is 0.179 e. The maximum absolute atomic E-state index is 9.45. The van der Waals surface area contributed by atoms with Crippen LogP contribution in [0, 0.1) is 22.7 Å². The minimum atomic E-state index is -0.0558. The Morgan fingerprint density at radius 1 is 1.03 bits per heavy atom. The Morgan fingerprint density at radius 3 is 2.50 bits per heavy atom. The van der Waals surface area contributed by atoms with E-state index in [1.807, 2.05) is 54.1 Å². The molecule has 4 heterocycles. The molecule has 30 heavy (non-hydrogen) atoms. The zero-order valence-electron chi connectivity index (χ0n) is 15.9. The van der Waals surface area contributed by atoms with Crippen molar-refractivity contribution in [3.8, 4) is 23.5 Å². The molecule has 5 aromatic rings. The molecule has 144 valence electrons. The summed E-state index contributed by atoms with van der Waals surface area (Å²) < 4.78 is 9.11. The van der Waals surface area contributed by atoms with Crippen LogP contribution in [0.25, 0.3) is 33.6 Å². The Labute approximate surface area is 170 Å². The number of nitrogens with two attached hydrogens (primary N) is 1. The van der Waals surface area contributed by atoms with Crippen LogP contribution in [0.3, 0.4) is 0 Å². The van der Waals surface area contributed by atoms with E-state index < -0.39 is 0 Å². The van der Waals surface area contributed by atoms with Crippen LogP contribution in [0.5, 0.6) is 0 Å². The fraction of sp³-hybridized carbons (Fsp3) is 0.0952. The van der Waals surface area contributed by atoms with Crippen molar-refractivity contribution in [2.45, 2.75) is 6.54 Å². The van der Waals surface area contributed by atoms with E-state index in [1.165, 1.54) is 0 Å². The van der Waals surface area contributed by atoms with Gasteiger partial charge in [-0.3, -0.25) is 0 Å². The predicted molar refractivity (Wildman–Crippen MR) is 109 cm³/mol. The van der Waals surface area contributed by atoms with Gasteiger partial charge in [0.15, 0.2) is 17.0 Å². The van der Waals surface area contributed by atoms with Crippen LogP contribution < -0.4 is 5.73 Å². The first kappa shape index (κ1) is 17.5. The molecule has 0 saturated heterocycles. The smallest absolute Gasteiger partial charge is 0.179 e. The van der Waals surface area contributed by atoms with Crippen LogP contribution in [0.4, 0.5) is 5.82 Å². The number of nitrogen functional groups attached to an aromatic ring is 1. The topological polar surface area (TPSA) is 135 Å². The highest BCUT2D eigenvalue weighted by molar-refractivity contribution is 5.99. The molecule has 0 unspecified atom stereocenters. The molecule has 0 aliphatic carbocycles. The Morgan fingerprint density at radius 2 is 1.80 bits per heavy atom. The van der Waals surface area contributed by atoms with Gasteiger partial charge in [0.25, 0.3) is 0 Å². The highest BCUT2D eigenvalue weighted by Gasteiger charge is 2.25. The number of furan rings is 1. The van der Waals surface area contributed by atoms with Gasteiger partial charge in [-0.2, -0.15) is 10.5 Å². The highest BCUT2D eigenvalue weighted by atomic mass is 16.3. The van der Waals surface area contributed by atoms with E-state index in [0.717, 1.165) is 11.0 Å². The lowest BCUT2D eigenvalue weighted by Gasteiger charge is -2.06. The summed E-state index contributed by atoms with van der Waals surface area (Å²) in [5.41, 5.74) is 9.55. The van der Waals surface area contributed by atoms with Crippen LogP contribution in [-0.4, -0.2) is 24.1 Å². The first-order chi connectivity index (χ1) is 14.6. The monoisotopic (exact) mass is 394 g/mol. The zero-order chi connectivity index (χ0) is 20.8. The summed E-state index contributed by atoms with van der Waals surface area (Å²) in [5, 5.41) is 18.9. The van der Waals surface area contributed by atoms with Gasteiger partial charge in [0.05, 0.1) is 29.4 Å². The lowest BCUT2D eigenvalue weighted by atomic mass is 10.2. The molecule has 0 radical (unpaired) electrons. The Balaban J connectivity index is 1.87. The third kappa shape index (κ3) is 2.43. The van der Waals surface area contributed by atoms with E-state index in [0.29, 0.717) is 40.7 Å². The van der Waals surface area contributed by atoms with E-state index in [9.17, 15) is 10.5 Å². The zero-order valence-corrected chi connectivity index (χ0v) is 15.9. The molecular formula is C21H14N8O. The van der Waals surface area contributed by atoms with Crippen molar-refractivity contribution in [2.24, 2.45) is 7.05 Å². The highest BCUT2D eigenvalue weighted by Crippen LogP contribution is 2.36. The third-order valence-corrected chi connectivity index (χ3v) is 5.03.